The lowest BCUT2D eigenvalue weighted by Gasteiger charge is -2.37. The van der Waals surface area contributed by atoms with E-state index in [0.717, 1.165) is 54.7 Å². The third-order valence-electron chi connectivity index (χ3n) is 6.07. The number of hydrogen-bond acceptors (Lipinski definition) is 1. The molecule has 1 unspecified atom stereocenters. The molecule has 2 aliphatic rings. The van der Waals surface area contributed by atoms with Gasteiger partial charge in [0.25, 0.3) is 0 Å². The molecule has 27 heavy (non-hydrogen) atoms. The molecule has 0 amide bonds. The van der Waals surface area contributed by atoms with E-state index < -0.39 is 11.7 Å². The molecule has 142 valence electrons. The van der Waals surface area contributed by atoms with E-state index in [2.05, 4.69) is 24.0 Å². The monoisotopic (exact) mass is 371 g/mol. The van der Waals surface area contributed by atoms with Gasteiger partial charge in [-0.15, -0.1) is 0 Å². The van der Waals surface area contributed by atoms with Gasteiger partial charge in [-0.1, -0.05) is 49.4 Å². The number of likely N-dealkylation sites (tertiary alicyclic amines) is 1. The fourth-order valence-electron chi connectivity index (χ4n) is 4.58. The molecule has 1 saturated heterocycles. The minimum atomic E-state index is -4.32. The fraction of sp³-hybridized carbons (Fsp3) is 0.391. The zero-order chi connectivity index (χ0) is 19.0. The molecule has 0 N–H and O–H groups in total. The summed E-state index contributed by atoms with van der Waals surface area (Å²) in [5.41, 5.74) is 3.44. The van der Waals surface area contributed by atoms with Gasteiger partial charge in [-0.3, -0.25) is 0 Å². The van der Waals surface area contributed by atoms with Crippen molar-refractivity contribution < 1.29 is 13.2 Å². The highest BCUT2D eigenvalue weighted by molar-refractivity contribution is 5.76. The Kier molecular flexibility index (Phi) is 4.85. The third-order valence-corrected chi connectivity index (χ3v) is 6.07. The smallest absolute Gasteiger partial charge is 0.304 e. The van der Waals surface area contributed by atoms with Crippen LogP contribution in [0.25, 0.3) is 12.2 Å². The van der Waals surface area contributed by atoms with Crippen molar-refractivity contribution >= 4 is 12.2 Å². The molecule has 4 rings (SSSR count). The van der Waals surface area contributed by atoms with Gasteiger partial charge in [0.1, 0.15) is 0 Å². The second kappa shape index (κ2) is 7.16. The zero-order valence-electron chi connectivity index (χ0n) is 15.5. The van der Waals surface area contributed by atoms with E-state index >= 15 is 0 Å². The Hall–Kier alpha value is -2.07. The lowest BCUT2D eigenvalue weighted by Crippen LogP contribution is -2.35. The second-order valence-corrected chi connectivity index (χ2v) is 7.55. The molecular formula is C23H24F3N. The zero-order valence-corrected chi connectivity index (χ0v) is 15.5. The molecule has 2 aromatic rings. The van der Waals surface area contributed by atoms with Gasteiger partial charge in [-0.05, 0) is 72.8 Å². The number of alkyl halides is 3. The van der Waals surface area contributed by atoms with Crippen LogP contribution in [0.3, 0.4) is 0 Å². The number of hydrogen-bond donors (Lipinski definition) is 0. The maximum Gasteiger partial charge on any atom is 0.416 e. The van der Waals surface area contributed by atoms with Crippen molar-refractivity contribution in [3.05, 3.63) is 70.3 Å². The first-order valence-corrected chi connectivity index (χ1v) is 9.68. The molecule has 4 heteroatoms. The Morgan fingerprint density at radius 3 is 2.26 bits per heavy atom. The topological polar surface area (TPSA) is 3.24 Å². The highest BCUT2D eigenvalue weighted by Crippen LogP contribution is 2.44. The maximum absolute atomic E-state index is 13.4. The first kappa shape index (κ1) is 18.3. The van der Waals surface area contributed by atoms with E-state index in [4.69, 9.17) is 0 Å². The molecule has 0 spiro atoms. The van der Waals surface area contributed by atoms with Crippen LogP contribution < -0.4 is 0 Å². The summed E-state index contributed by atoms with van der Waals surface area (Å²) in [5.74, 6) is 0.364. The molecule has 1 aliphatic carbocycles. The average Bonchev–Trinajstić information content (AvgIpc) is 2.84. The third kappa shape index (κ3) is 3.55. The Bertz CT molecular complexity index is 845. The van der Waals surface area contributed by atoms with E-state index in [1.54, 1.807) is 6.07 Å². The largest absolute Gasteiger partial charge is 0.416 e. The number of nitrogens with zero attached hydrogens (tertiary/aromatic N) is 1. The van der Waals surface area contributed by atoms with Crippen molar-refractivity contribution in [1.82, 2.24) is 4.90 Å². The van der Waals surface area contributed by atoms with E-state index in [-0.39, 0.29) is 5.92 Å². The molecule has 1 nitrogen and oxygen atoms in total. The molecule has 1 aliphatic heterocycles. The van der Waals surface area contributed by atoms with Crippen LogP contribution in [0.5, 0.6) is 0 Å². The summed E-state index contributed by atoms with van der Waals surface area (Å²) in [4.78, 5) is 2.42. The van der Waals surface area contributed by atoms with Gasteiger partial charge >= 0.3 is 6.18 Å². The van der Waals surface area contributed by atoms with Crippen LogP contribution in [0.4, 0.5) is 13.2 Å². The fourth-order valence-corrected chi connectivity index (χ4v) is 4.58. The first-order chi connectivity index (χ1) is 13.0. The molecule has 0 saturated carbocycles. The Balaban J connectivity index is 1.82. The van der Waals surface area contributed by atoms with Gasteiger partial charge in [-0.2, -0.15) is 13.2 Å². The summed E-state index contributed by atoms with van der Waals surface area (Å²) in [6.07, 6.45) is 1.73. The van der Waals surface area contributed by atoms with Crippen molar-refractivity contribution in [2.24, 2.45) is 5.92 Å². The lowest BCUT2D eigenvalue weighted by atomic mass is 9.74. The highest BCUT2D eigenvalue weighted by Gasteiger charge is 2.35. The summed E-state index contributed by atoms with van der Waals surface area (Å²) < 4.78 is 40.2. The average molecular weight is 371 g/mol. The van der Waals surface area contributed by atoms with Gasteiger partial charge in [0.15, 0.2) is 0 Å². The number of piperidine rings is 1. The van der Waals surface area contributed by atoms with Crippen molar-refractivity contribution in [1.29, 1.82) is 0 Å². The van der Waals surface area contributed by atoms with Crippen LogP contribution in [-0.4, -0.2) is 24.5 Å². The first-order valence-electron chi connectivity index (χ1n) is 9.68. The second-order valence-electron chi connectivity index (χ2n) is 7.55. The highest BCUT2D eigenvalue weighted by atomic mass is 19.4. The van der Waals surface area contributed by atoms with Crippen molar-refractivity contribution in [3.8, 4) is 0 Å². The van der Waals surface area contributed by atoms with Crippen LogP contribution in [0.2, 0.25) is 0 Å². The number of halogens is 3. The summed E-state index contributed by atoms with van der Waals surface area (Å²) in [7, 11) is 0. The molecule has 0 aromatic heterocycles. The molecule has 1 heterocycles. The van der Waals surface area contributed by atoms with Gasteiger partial charge in [0.2, 0.25) is 0 Å². The molecule has 0 bridgehead atoms. The number of fused-ring (bicyclic) bond motifs is 2. The summed E-state index contributed by atoms with van der Waals surface area (Å²) in [6.45, 7) is 5.23. The molecular weight excluding hydrogens is 347 g/mol. The van der Waals surface area contributed by atoms with Crippen LogP contribution in [0.15, 0.2) is 42.5 Å². The molecule has 1 fully saturated rings. The maximum atomic E-state index is 13.4. The van der Waals surface area contributed by atoms with Crippen LogP contribution in [0.1, 0.15) is 53.5 Å². The standard InChI is InChI=1S/C23H24F3N/c1-2-27-13-11-18(12-14-27)22-20-6-4-3-5-16(20)7-8-17-9-10-19(15-21(17)22)23(24,25)26/h3-10,15,18,22H,2,11-14H2,1H3. The normalized spacial score (nSPS) is 20.8. The summed E-state index contributed by atoms with van der Waals surface area (Å²) >= 11 is 0. The molecule has 1 atom stereocenters. The summed E-state index contributed by atoms with van der Waals surface area (Å²) in [5, 5.41) is 0. The molecule has 2 aromatic carbocycles. The Morgan fingerprint density at radius 2 is 1.59 bits per heavy atom. The number of benzene rings is 2. The molecule has 0 radical (unpaired) electrons. The predicted molar refractivity (Wildman–Crippen MR) is 103 cm³/mol. The minimum Gasteiger partial charge on any atom is -0.304 e. The number of rotatable bonds is 2. The van der Waals surface area contributed by atoms with Crippen LogP contribution in [0, 0.1) is 5.92 Å². The Morgan fingerprint density at radius 1 is 0.926 bits per heavy atom. The SMILES string of the molecule is CCN1CCC(C2c3ccccc3C=Cc3ccc(C(F)(F)F)cc32)CC1. The van der Waals surface area contributed by atoms with Crippen molar-refractivity contribution in [2.45, 2.75) is 31.9 Å². The van der Waals surface area contributed by atoms with Gasteiger partial charge < -0.3 is 4.90 Å². The van der Waals surface area contributed by atoms with Crippen LogP contribution >= 0.6 is 0 Å². The van der Waals surface area contributed by atoms with E-state index in [9.17, 15) is 13.2 Å². The predicted octanol–water partition coefficient (Wildman–Crippen LogP) is 6.05. The minimum absolute atomic E-state index is 0.00695. The quantitative estimate of drug-likeness (QED) is 0.621. The van der Waals surface area contributed by atoms with Crippen molar-refractivity contribution in [3.63, 3.8) is 0 Å². The van der Waals surface area contributed by atoms with Gasteiger partial charge in [0.05, 0.1) is 5.56 Å². The van der Waals surface area contributed by atoms with E-state index in [0.29, 0.717) is 5.92 Å². The summed E-state index contributed by atoms with van der Waals surface area (Å²) in [6, 6.07) is 12.4. The lowest BCUT2D eigenvalue weighted by molar-refractivity contribution is -0.137. The van der Waals surface area contributed by atoms with E-state index in [1.807, 2.05) is 24.3 Å². The van der Waals surface area contributed by atoms with Crippen molar-refractivity contribution in [2.75, 3.05) is 19.6 Å². The van der Waals surface area contributed by atoms with Gasteiger partial charge in [0, 0.05) is 5.92 Å². The Labute approximate surface area is 158 Å². The van der Waals surface area contributed by atoms with E-state index in [1.165, 1.54) is 12.1 Å². The van der Waals surface area contributed by atoms with Crippen LogP contribution in [-0.2, 0) is 6.18 Å². The van der Waals surface area contributed by atoms with Gasteiger partial charge in [-0.25, -0.2) is 0 Å².